The number of aliphatic imine (C=N–C) groups is 1. The van der Waals surface area contributed by atoms with Crippen molar-refractivity contribution in [1.29, 1.82) is 0 Å². The van der Waals surface area contributed by atoms with Crippen LogP contribution in [0.1, 0.15) is 26.3 Å². The standard InChI is InChI=1S/C20H22N4O6/c1-4-28-17(25)15-20(19(27)30-6-3,22-16(24-23-15)18(26)29-5-2)13-11-21-14-10-8-7-9-12(13)14/h7-11,21H,4-6H2,1-3H3,(H,22,24). The molecule has 2 heterocycles. The van der Waals surface area contributed by atoms with Crippen molar-refractivity contribution < 1.29 is 28.6 Å². The number of carbonyl (C=O) groups is 3. The van der Waals surface area contributed by atoms with Gasteiger partial charge in [-0.3, -0.25) is 5.43 Å². The number of hydrazone groups is 1. The number of nitrogens with one attached hydrogen (secondary N) is 2. The summed E-state index contributed by atoms with van der Waals surface area (Å²) in [6, 6.07) is 7.15. The molecule has 0 saturated carbocycles. The highest BCUT2D eigenvalue weighted by Crippen LogP contribution is 2.37. The minimum Gasteiger partial charge on any atom is -0.464 e. The lowest BCUT2D eigenvalue weighted by molar-refractivity contribution is -0.148. The first-order valence-corrected chi connectivity index (χ1v) is 9.51. The molecule has 0 spiro atoms. The number of amidine groups is 1. The number of ether oxygens (including phenoxy) is 3. The third-order valence-electron chi connectivity index (χ3n) is 4.38. The van der Waals surface area contributed by atoms with Crippen LogP contribution in [0.5, 0.6) is 0 Å². The van der Waals surface area contributed by atoms with Gasteiger partial charge in [-0.2, -0.15) is 5.10 Å². The first kappa shape index (κ1) is 21.0. The molecule has 30 heavy (non-hydrogen) atoms. The van der Waals surface area contributed by atoms with Crippen molar-refractivity contribution in [2.24, 2.45) is 10.1 Å². The number of para-hydroxylation sites is 1. The van der Waals surface area contributed by atoms with Gasteiger partial charge in [0.15, 0.2) is 5.71 Å². The zero-order valence-electron chi connectivity index (χ0n) is 16.9. The molecule has 1 atom stereocenters. The number of fused-ring (bicyclic) bond motifs is 1. The summed E-state index contributed by atoms with van der Waals surface area (Å²) < 4.78 is 15.4. The highest BCUT2D eigenvalue weighted by molar-refractivity contribution is 6.47. The second kappa shape index (κ2) is 8.76. The van der Waals surface area contributed by atoms with Gasteiger partial charge in [0.05, 0.1) is 19.8 Å². The summed E-state index contributed by atoms with van der Waals surface area (Å²) >= 11 is 0. The van der Waals surface area contributed by atoms with Crippen molar-refractivity contribution in [1.82, 2.24) is 10.4 Å². The van der Waals surface area contributed by atoms with Gasteiger partial charge in [-0.15, -0.1) is 0 Å². The molecule has 0 radical (unpaired) electrons. The Morgan fingerprint density at radius 2 is 1.63 bits per heavy atom. The molecule has 10 heteroatoms. The van der Waals surface area contributed by atoms with Crippen LogP contribution in [-0.4, -0.2) is 54.3 Å². The molecule has 0 amide bonds. The van der Waals surface area contributed by atoms with Crippen LogP contribution in [0.2, 0.25) is 0 Å². The number of hydrogen-bond donors (Lipinski definition) is 2. The Hall–Kier alpha value is -3.69. The second-order valence-electron chi connectivity index (χ2n) is 6.15. The maximum Gasteiger partial charge on any atom is 0.375 e. The van der Waals surface area contributed by atoms with Crippen molar-refractivity contribution in [3.05, 3.63) is 36.0 Å². The van der Waals surface area contributed by atoms with E-state index in [0.717, 1.165) is 0 Å². The van der Waals surface area contributed by atoms with E-state index >= 15 is 0 Å². The zero-order valence-corrected chi connectivity index (χ0v) is 16.9. The maximum absolute atomic E-state index is 13.3. The molecule has 158 valence electrons. The van der Waals surface area contributed by atoms with Gasteiger partial charge in [0, 0.05) is 22.7 Å². The molecule has 0 bridgehead atoms. The van der Waals surface area contributed by atoms with E-state index in [1.807, 2.05) is 6.07 Å². The highest BCUT2D eigenvalue weighted by Gasteiger charge is 2.54. The summed E-state index contributed by atoms with van der Waals surface area (Å²) in [4.78, 5) is 45.8. The lowest BCUT2D eigenvalue weighted by Gasteiger charge is -2.30. The molecule has 0 aliphatic carbocycles. The van der Waals surface area contributed by atoms with Crippen LogP contribution in [0, 0.1) is 0 Å². The molecule has 3 rings (SSSR count). The monoisotopic (exact) mass is 414 g/mol. The molecule has 0 fully saturated rings. The van der Waals surface area contributed by atoms with Gasteiger partial charge in [0.2, 0.25) is 11.4 Å². The number of nitrogens with zero attached hydrogens (tertiary/aromatic N) is 2. The van der Waals surface area contributed by atoms with Crippen LogP contribution in [0.25, 0.3) is 10.9 Å². The summed E-state index contributed by atoms with van der Waals surface area (Å²) in [5.74, 6) is -2.89. The number of aromatic nitrogens is 1. The highest BCUT2D eigenvalue weighted by atomic mass is 16.5. The zero-order chi connectivity index (χ0) is 21.7. The fraction of sp³-hybridized carbons (Fsp3) is 0.350. The van der Waals surface area contributed by atoms with Crippen molar-refractivity contribution in [3.63, 3.8) is 0 Å². The summed E-state index contributed by atoms with van der Waals surface area (Å²) in [5, 5.41) is 4.61. The van der Waals surface area contributed by atoms with Gasteiger partial charge in [-0.1, -0.05) is 18.2 Å². The smallest absolute Gasteiger partial charge is 0.375 e. The molecular weight excluding hydrogens is 392 g/mol. The molecule has 10 nitrogen and oxygen atoms in total. The third-order valence-corrected chi connectivity index (χ3v) is 4.38. The van der Waals surface area contributed by atoms with Crippen LogP contribution in [-0.2, 0) is 34.1 Å². The summed E-state index contributed by atoms with van der Waals surface area (Å²) in [7, 11) is 0. The predicted octanol–water partition coefficient (Wildman–Crippen LogP) is 1.41. The van der Waals surface area contributed by atoms with Gasteiger partial charge in [0.1, 0.15) is 0 Å². The topological polar surface area (TPSA) is 131 Å². The van der Waals surface area contributed by atoms with E-state index in [9.17, 15) is 14.4 Å². The largest absolute Gasteiger partial charge is 0.464 e. The van der Waals surface area contributed by atoms with Gasteiger partial charge < -0.3 is 19.2 Å². The fourth-order valence-electron chi connectivity index (χ4n) is 3.17. The predicted molar refractivity (Wildman–Crippen MR) is 108 cm³/mol. The Kier molecular flexibility index (Phi) is 6.14. The Morgan fingerprint density at radius 1 is 0.967 bits per heavy atom. The van der Waals surface area contributed by atoms with E-state index in [0.29, 0.717) is 16.5 Å². The Bertz CT molecular complexity index is 1040. The van der Waals surface area contributed by atoms with E-state index in [2.05, 4.69) is 20.5 Å². The van der Waals surface area contributed by atoms with Gasteiger partial charge in [-0.05, 0) is 26.8 Å². The molecule has 1 aliphatic heterocycles. The van der Waals surface area contributed by atoms with Crippen molar-refractivity contribution >= 4 is 40.4 Å². The number of aromatic amines is 1. The van der Waals surface area contributed by atoms with Crippen LogP contribution >= 0.6 is 0 Å². The lowest BCUT2D eigenvalue weighted by Crippen LogP contribution is -2.53. The summed E-state index contributed by atoms with van der Waals surface area (Å²) in [6.07, 6.45) is 1.54. The molecule has 2 N–H and O–H groups in total. The van der Waals surface area contributed by atoms with Gasteiger partial charge in [0.25, 0.3) is 0 Å². The fourth-order valence-corrected chi connectivity index (χ4v) is 3.17. The average Bonchev–Trinajstić information content (AvgIpc) is 3.18. The van der Waals surface area contributed by atoms with E-state index in [1.54, 1.807) is 39.0 Å². The lowest BCUT2D eigenvalue weighted by atomic mass is 9.84. The van der Waals surface area contributed by atoms with E-state index in [1.165, 1.54) is 6.20 Å². The normalized spacial score (nSPS) is 18.1. The van der Waals surface area contributed by atoms with Crippen molar-refractivity contribution in [2.45, 2.75) is 26.3 Å². The third kappa shape index (κ3) is 3.51. The molecule has 1 aromatic heterocycles. The summed E-state index contributed by atoms with van der Waals surface area (Å²) in [6.45, 7) is 5.05. The quantitative estimate of drug-likeness (QED) is 0.517. The molecular formula is C20H22N4O6. The first-order valence-electron chi connectivity index (χ1n) is 9.51. The van der Waals surface area contributed by atoms with Crippen LogP contribution in [0.3, 0.4) is 0 Å². The minimum atomic E-state index is -2.06. The first-order chi connectivity index (χ1) is 14.5. The van der Waals surface area contributed by atoms with E-state index in [-0.39, 0.29) is 31.4 Å². The second-order valence-corrected chi connectivity index (χ2v) is 6.15. The Labute approximate surface area is 172 Å². The van der Waals surface area contributed by atoms with Gasteiger partial charge >= 0.3 is 17.9 Å². The number of esters is 3. The van der Waals surface area contributed by atoms with Crippen LogP contribution in [0.15, 0.2) is 40.6 Å². The van der Waals surface area contributed by atoms with E-state index in [4.69, 9.17) is 14.2 Å². The molecule has 0 saturated heterocycles. The van der Waals surface area contributed by atoms with Crippen molar-refractivity contribution in [3.8, 4) is 0 Å². The van der Waals surface area contributed by atoms with Crippen LogP contribution in [0.4, 0.5) is 0 Å². The minimum absolute atomic E-state index is 0.0245. The molecule has 1 aliphatic rings. The molecule has 2 aromatic rings. The number of rotatable bonds is 7. The number of H-pyrrole nitrogens is 1. The Balaban J connectivity index is 2.31. The number of benzene rings is 1. The van der Waals surface area contributed by atoms with Crippen LogP contribution < -0.4 is 5.43 Å². The Morgan fingerprint density at radius 3 is 2.33 bits per heavy atom. The maximum atomic E-state index is 13.3. The molecule has 1 aromatic carbocycles. The van der Waals surface area contributed by atoms with Gasteiger partial charge in [-0.25, -0.2) is 19.4 Å². The summed E-state index contributed by atoms with van der Waals surface area (Å²) in [5.41, 5.74) is 0.990. The van der Waals surface area contributed by atoms with Crippen molar-refractivity contribution in [2.75, 3.05) is 19.8 Å². The SMILES string of the molecule is CCOC(=O)C1=NC(C(=O)OCC)(c2c[nH]c3ccccc23)C(C(=O)OCC)=NN1. The number of hydrogen-bond acceptors (Lipinski definition) is 9. The number of carbonyl (C=O) groups excluding carboxylic acids is 3. The molecule has 1 unspecified atom stereocenters. The van der Waals surface area contributed by atoms with E-state index < -0.39 is 23.4 Å². The average molecular weight is 414 g/mol.